The first kappa shape index (κ1) is 14.8. The SMILES string of the molecule is NC1=NC(=O)N(c2ccc3nc[nH]c3c2)C1c1ccc(Br)cc1F. The molecule has 1 aromatic heterocycles. The average molecular weight is 388 g/mol. The van der Waals surface area contributed by atoms with E-state index in [-0.39, 0.29) is 11.4 Å². The molecule has 1 aliphatic heterocycles. The van der Waals surface area contributed by atoms with E-state index in [9.17, 15) is 9.18 Å². The van der Waals surface area contributed by atoms with Crippen molar-refractivity contribution in [3.05, 3.63) is 58.6 Å². The number of rotatable bonds is 2. The summed E-state index contributed by atoms with van der Waals surface area (Å²) in [5.41, 5.74) is 8.30. The van der Waals surface area contributed by atoms with Crippen LogP contribution in [-0.4, -0.2) is 21.8 Å². The van der Waals surface area contributed by atoms with Gasteiger partial charge < -0.3 is 10.7 Å². The van der Waals surface area contributed by atoms with E-state index in [1.54, 1.807) is 36.7 Å². The van der Waals surface area contributed by atoms with Gasteiger partial charge in [-0.05, 0) is 30.3 Å². The molecule has 1 unspecified atom stereocenters. The van der Waals surface area contributed by atoms with Gasteiger partial charge in [-0.15, -0.1) is 0 Å². The minimum Gasteiger partial charge on any atom is -0.385 e. The highest BCUT2D eigenvalue weighted by atomic mass is 79.9. The second-order valence-corrected chi connectivity index (χ2v) is 6.28. The number of carbonyl (C=O) groups excluding carboxylic acids is 1. The van der Waals surface area contributed by atoms with Gasteiger partial charge in [-0.25, -0.2) is 14.2 Å². The third kappa shape index (κ3) is 2.26. The lowest BCUT2D eigenvalue weighted by molar-refractivity contribution is 0.255. The van der Waals surface area contributed by atoms with Crippen LogP contribution in [0, 0.1) is 5.82 Å². The van der Waals surface area contributed by atoms with Gasteiger partial charge in [0.15, 0.2) is 0 Å². The zero-order chi connectivity index (χ0) is 16.8. The minimum atomic E-state index is -0.786. The standard InChI is InChI=1S/C16H11BrFN5O/c17-8-1-3-10(11(18)5-8)14-15(19)22-16(24)23(14)9-2-4-12-13(6-9)21-7-20-12/h1-7,14H,(H,20,21)(H2,19,22,24). The molecule has 24 heavy (non-hydrogen) atoms. The molecule has 2 aromatic carbocycles. The second-order valence-electron chi connectivity index (χ2n) is 5.36. The Morgan fingerprint density at radius 1 is 1.25 bits per heavy atom. The Hall–Kier alpha value is -2.74. The Labute approximate surface area is 144 Å². The van der Waals surface area contributed by atoms with Crippen LogP contribution < -0.4 is 10.6 Å². The van der Waals surface area contributed by atoms with Crippen molar-refractivity contribution in [3.63, 3.8) is 0 Å². The number of nitrogens with zero attached hydrogens (tertiary/aromatic N) is 3. The number of amidine groups is 1. The first-order valence-electron chi connectivity index (χ1n) is 7.10. The monoisotopic (exact) mass is 387 g/mol. The second kappa shape index (κ2) is 5.41. The maximum Gasteiger partial charge on any atom is 0.350 e. The van der Waals surface area contributed by atoms with E-state index < -0.39 is 17.9 Å². The van der Waals surface area contributed by atoms with Crippen LogP contribution in [0.1, 0.15) is 11.6 Å². The fraction of sp³-hybridized carbons (Fsp3) is 0.0625. The fourth-order valence-electron chi connectivity index (χ4n) is 2.82. The number of hydrogen-bond acceptors (Lipinski definition) is 3. The maximum atomic E-state index is 14.4. The highest BCUT2D eigenvalue weighted by Gasteiger charge is 2.37. The lowest BCUT2D eigenvalue weighted by Crippen LogP contribution is -2.34. The Morgan fingerprint density at radius 3 is 2.88 bits per heavy atom. The number of imidazole rings is 1. The molecule has 2 amide bonds. The van der Waals surface area contributed by atoms with Gasteiger partial charge in [0.2, 0.25) is 0 Å². The Kier molecular flexibility index (Phi) is 3.34. The summed E-state index contributed by atoms with van der Waals surface area (Å²) in [6.45, 7) is 0. The number of aromatic amines is 1. The van der Waals surface area contributed by atoms with Gasteiger partial charge >= 0.3 is 6.03 Å². The van der Waals surface area contributed by atoms with Crippen LogP contribution in [0.25, 0.3) is 11.0 Å². The fourth-order valence-corrected chi connectivity index (χ4v) is 3.16. The predicted octanol–water partition coefficient (Wildman–Crippen LogP) is 3.50. The van der Waals surface area contributed by atoms with E-state index in [2.05, 4.69) is 30.9 Å². The van der Waals surface area contributed by atoms with Crippen molar-refractivity contribution < 1.29 is 9.18 Å². The molecule has 3 N–H and O–H groups in total. The number of aliphatic imine (C=N–C) groups is 1. The third-order valence-corrected chi connectivity index (χ3v) is 4.40. The third-order valence-electron chi connectivity index (χ3n) is 3.91. The molecule has 3 aromatic rings. The number of nitrogens with one attached hydrogen (secondary N) is 1. The van der Waals surface area contributed by atoms with E-state index in [4.69, 9.17) is 5.73 Å². The number of anilines is 1. The van der Waals surface area contributed by atoms with Crippen LogP contribution in [0.5, 0.6) is 0 Å². The normalized spacial score (nSPS) is 17.6. The molecule has 1 atom stereocenters. The molecule has 6 nitrogen and oxygen atoms in total. The van der Waals surface area contributed by atoms with Crippen LogP contribution in [0.3, 0.4) is 0 Å². The molecule has 0 bridgehead atoms. The number of carbonyl (C=O) groups is 1. The molecule has 8 heteroatoms. The van der Waals surface area contributed by atoms with Gasteiger partial charge in [0, 0.05) is 15.7 Å². The summed E-state index contributed by atoms with van der Waals surface area (Å²) in [7, 11) is 0. The largest absolute Gasteiger partial charge is 0.385 e. The summed E-state index contributed by atoms with van der Waals surface area (Å²) in [4.78, 5) is 24.6. The molecular weight excluding hydrogens is 377 g/mol. The summed E-state index contributed by atoms with van der Waals surface area (Å²) in [6, 6.07) is 8.58. The van der Waals surface area contributed by atoms with Crippen LogP contribution in [0.4, 0.5) is 14.9 Å². The van der Waals surface area contributed by atoms with Gasteiger partial charge in [-0.2, -0.15) is 4.99 Å². The Morgan fingerprint density at radius 2 is 2.08 bits per heavy atom. The smallest absolute Gasteiger partial charge is 0.350 e. The maximum absolute atomic E-state index is 14.4. The Balaban J connectivity index is 1.84. The average Bonchev–Trinajstić information content (AvgIpc) is 3.10. The number of urea groups is 1. The highest BCUT2D eigenvalue weighted by molar-refractivity contribution is 9.10. The number of H-pyrrole nitrogens is 1. The van der Waals surface area contributed by atoms with E-state index in [1.165, 1.54) is 11.0 Å². The van der Waals surface area contributed by atoms with Gasteiger partial charge in [0.25, 0.3) is 0 Å². The Bertz CT molecular complexity index is 999. The number of amides is 2. The van der Waals surface area contributed by atoms with E-state index in [1.807, 2.05) is 0 Å². The molecule has 0 fully saturated rings. The summed E-state index contributed by atoms with van der Waals surface area (Å²) in [5.74, 6) is -0.402. The summed E-state index contributed by atoms with van der Waals surface area (Å²) < 4.78 is 15.0. The van der Waals surface area contributed by atoms with Crippen LogP contribution >= 0.6 is 15.9 Å². The van der Waals surface area contributed by atoms with Gasteiger partial charge in [0.05, 0.1) is 17.4 Å². The molecule has 120 valence electrons. The van der Waals surface area contributed by atoms with Crippen molar-refractivity contribution in [3.8, 4) is 0 Å². The molecule has 1 aliphatic rings. The lowest BCUT2D eigenvalue weighted by Gasteiger charge is -2.25. The summed E-state index contributed by atoms with van der Waals surface area (Å²) in [6.07, 6.45) is 1.57. The first-order chi connectivity index (χ1) is 11.5. The molecule has 0 radical (unpaired) electrons. The number of aromatic nitrogens is 2. The molecule has 2 heterocycles. The number of halogens is 2. The molecule has 0 spiro atoms. The molecular formula is C16H11BrFN5O. The van der Waals surface area contributed by atoms with Crippen LogP contribution in [0.2, 0.25) is 0 Å². The number of benzene rings is 2. The van der Waals surface area contributed by atoms with Gasteiger partial charge in [0.1, 0.15) is 17.7 Å². The van der Waals surface area contributed by atoms with Crippen LogP contribution in [-0.2, 0) is 0 Å². The quantitative estimate of drug-likeness (QED) is 0.705. The minimum absolute atomic E-state index is 0.0610. The van der Waals surface area contributed by atoms with Crippen molar-refractivity contribution >= 4 is 44.5 Å². The van der Waals surface area contributed by atoms with E-state index >= 15 is 0 Å². The van der Waals surface area contributed by atoms with Crippen molar-refractivity contribution in [1.82, 2.24) is 9.97 Å². The lowest BCUT2D eigenvalue weighted by atomic mass is 10.0. The van der Waals surface area contributed by atoms with Crippen molar-refractivity contribution in [2.24, 2.45) is 10.7 Å². The van der Waals surface area contributed by atoms with E-state index in [0.29, 0.717) is 10.2 Å². The first-order valence-corrected chi connectivity index (χ1v) is 7.89. The van der Waals surface area contributed by atoms with Crippen molar-refractivity contribution in [2.45, 2.75) is 6.04 Å². The van der Waals surface area contributed by atoms with Crippen LogP contribution in [0.15, 0.2) is 52.2 Å². The summed E-state index contributed by atoms with van der Waals surface area (Å²) >= 11 is 3.22. The van der Waals surface area contributed by atoms with E-state index in [0.717, 1.165) is 11.0 Å². The zero-order valence-electron chi connectivity index (χ0n) is 12.2. The van der Waals surface area contributed by atoms with Crippen molar-refractivity contribution in [1.29, 1.82) is 0 Å². The highest BCUT2D eigenvalue weighted by Crippen LogP contribution is 2.35. The molecule has 4 rings (SSSR count). The molecule has 0 saturated carbocycles. The van der Waals surface area contributed by atoms with Gasteiger partial charge in [-0.3, -0.25) is 4.90 Å². The topological polar surface area (TPSA) is 87.4 Å². The molecule has 0 saturated heterocycles. The zero-order valence-corrected chi connectivity index (χ0v) is 13.8. The molecule has 0 aliphatic carbocycles. The summed E-state index contributed by atoms with van der Waals surface area (Å²) in [5, 5.41) is 0. The number of hydrogen-bond donors (Lipinski definition) is 2. The number of fused-ring (bicyclic) bond motifs is 1. The van der Waals surface area contributed by atoms with Crippen molar-refractivity contribution in [2.75, 3.05) is 4.90 Å². The predicted molar refractivity (Wildman–Crippen MR) is 92.4 cm³/mol. The number of nitrogens with two attached hydrogens (primary N) is 1. The van der Waals surface area contributed by atoms with Gasteiger partial charge in [-0.1, -0.05) is 22.0 Å².